The molecule has 0 aliphatic heterocycles. The van der Waals surface area contributed by atoms with E-state index in [-0.39, 0.29) is 6.10 Å². The van der Waals surface area contributed by atoms with Gasteiger partial charge in [-0.15, -0.1) is 0 Å². The molecule has 0 amide bonds. The number of fused-ring (bicyclic) bond motifs is 3. The van der Waals surface area contributed by atoms with Crippen LogP contribution in [0.25, 0.3) is 0 Å². The van der Waals surface area contributed by atoms with Gasteiger partial charge in [0.25, 0.3) is 0 Å². The molecule has 3 aliphatic rings. The second kappa shape index (κ2) is 2.48. The molecule has 0 aromatic carbocycles. The standard InChI is InChI=1S/C10H18O/c1-6-5-8-3-4-9(6)7(2)10(8)11/h6-11H,3-5H2,1-2H3. The van der Waals surface area contributed by atoms with Crippen LogP contribution in [0.4, 0.5) is 0 Å². The fraction of sp³-hybridized carbons (Fsp3) is 1.00. The Morgan fingerprint density at radius 3 is 2.36 bits per heavy atom. The van der Waals surface area contributed by atoms with Crippen LogP contribution in [-0.2, 0) is 0 Å². The Balaban J connectivity index is 2.16. The van der Waals surface area contributed by atoms with Crippen LogP contribution in [0.3, 0.4) is 0 Å². The molecular weight excluding hydrogens is 136 g/mol. The molecule has 3 fully saturated rings. The van der Waals surface area contributed by atoms with Crippen LogP contribution in [0.15, 0.2) is 0 Å². The Kier molecular flexibility index (Phi) is 1.71. The summed E-state index contributed by atoms with van der Waals surface area (Å²) in [5.74, 6) is 2.88. The number of hydrogen-bond donors (Lipinski definition) is 1. The minimum absolute atomic E-state index is 0.0185. The van der Waals surface area contributed by atoms with Crippen LogP contribution in [-0.4, -0.2) is 11.2 Å². The largest absolute Gasteiger partial charge is 0.393 e. The third-order valence-electron chi connectivity index (χ3n) is 3.97. The van der Waals surface area contributed by atoms with Crippen molar-refractivity contribution >= 4 is 0 Å². The van der Waals surface area contributed by atoms with Crippen molar-refractivity contribution in [3.63, 3.8) is 0 Å². The molecule has 0 radical (unpaired) electrons. The number of hydrogen-bond acceptors (Lipinski definition) is 1. The highest BCUT2D eigenvalue weighted by molar-refractivity contribution is 4.93. The van der Waals surface area contributed by atoms with Crippen molar-refractivity contribution in [3.8, 4) is 0 Å². The predicted octanol–water partition coefficient (Wildman–Crippen LogP) is 2.05. The maximum absolute atomic E-state index is 9.79. The van der Waals surface area contributed by atoms with E-state index in [2.05, 4.69) is 13.8 Å². The first-order valence-electron chi connectivity index (χ1n) is 4.88. The zero-order valence-corrected chi connectivity index (χ0v) is 7.46. The lowest BCUT2D eigenvalue weighted by Crippen LogP contribution is -2.46. The monoisotopic (exact) mass is 154 g/mol. The molecule has 5 atom stereocenters. The van der Waals surface area contributed by atoms with E-state index in [1.165, 1.54) is 19.3 Å². The van der Waals surface area contributed by atoms with Gasteiger partial charge in [-0.05, 0) is 42.9 Å². The van der Waals surface area contributed by atoms with Gasteiger partial charge in [-0.3, -0.25) is 0 Å². The van der Waals surface area contributed by atoms with Gasteiger partial charge in [0, 0.05) is 0 Å². The summed E-state index contributed by atoms with van der Waals surface area (Å²) in [4.78, 5) is 0. The van der Waals surface area contributed by atoms with Gasteiger partial charge in [0.15, 0.2) is 0 Å². The number of aliphatic hydroxyl groups excluding tert-OH is 1. The first-order valence-corrected chi connectivity index (χ1v) is 4.88. The van der Waals surface area contributed by atoms with Gasteiger partial charge in [-0.25, -0.2) is 0 Å². The van der Waals surface area contributed by atoms with Crippen molar-refractivity contribution in [3.05, 3.63) is 0 Å². The lowest BCUT2D eigenvalue weighted by Gasteiger charge is -2.48. The Morgan fingerprint density at radius 1 is 1.18 bits per heavy atom. The Hall–Kier alpha value is -0.0400. The Morgan fingerprint density at radius 2 is 1.91 bits per heavy atom. The number of aliphatic hydroxyl groups is 1. The van der Waals surface area contributed by atoms with E-state index in [1.807, 2.05) is 0 Å². The van der Waals surface area contributed by atoms with E-state index >= 15 is 0 Å². The van der Waals surface area contributed by atoms with Gasteiger partial charge in [0.2, 0.25) is 0 Å². The average molecular weight is 154 g/mol. The van der Waals surface area contributed by atoms with E-state index in [9.17, 15) is 5.11 Å². The highest BCUT2D eigenvalue weighted by atomic mass is 16.3. The summed E-state index contributed by atoms with van der Waals surface area (Å²) < 4.78 is 0. The molecule has 3 rings (SSSR count). The van der Waals surface area contributed by atoms with Crippen LogP contribution in [0.5, 0.6) is 0 Å². The third kappa shape index (κ3) is 1.01. The van der Waals surface area contributed by atoms with Gasteiger partial charge in [-0.1, -0.05) is 13.8 Å². The first-order chi connectivity index (χ1) is 5.20. The van der Waals surface area contributed by atoms with Gasteiger partial charge < -0.3 is 5.11 Å². The topological polar surface area (TPSA) is 20.2 Å². The van der Waals surface area contributed by atoms with E-state index in [4.69, 9.17) is 0 Å². The molecule has 1 N–H and O–H groups in total. The Bertz CT molecular complexity index is 153. The van der Waals surface area contributed by atoms with Crippen molar-refractivity contribution < 1.29 is 5.11 Å². The molecule has 1 nitrogen and oxygen atoms in total. The Labute approximate surface area is 68.8 Å². The maximum Gasteiger partial charge on any atom is 0.0596 e. The molecule has 0 heterocycles. The highest BCUT2D eigenvalue weighted by Crippen LogP contribution is 2.47. The van der Waals surface area contributed by atoms with E-state index in [0.29, 0.717) is 11.8 Å². The lowest BCUT2D eigenvalue weighted by atomic mass is 9.59. The van der Waals surface area contributed by atoms with Crippen LogP contribution in [0.1, 0.15) is 33.1 Å². The zero-order chi connectivity index (χ0) is 8.01. The van der Waals surface area contributed by atoms with Crippen molar-refractivity contribution in [1.82, 2.24) is 0 Å². The molecule has 2 bridgehead atoms. The molecule has 0 aromatic rings. The van der Waals surface area contributed by atoms with Crippen LogP contribution < -0.4 is 0 Å². The maximum atomic E-state index is 9.79. The minimum atomic E-state index is 0.0185. The van der Waals surface area contributed by atoms with E-state index in [1.54, 1.807) is 0 Å². The summed E-state index contributed by atoms with van der Waals surface area (Å²) in [6, 6.07) is 0. The van der Waals surface area contributed by atoms with Gasteiger partial charge >= 0.3 is 0 Å². The molecule has 64 valence electrons. The molecule has 3 saturated carbocycles. The second-order valence-electron chi connectivity index (χ2n) is 4.56. The van der Waals surface area contributed by atoms with Gasteiger partial charge in [-0.2, -0.15) is 0 Å². The van der Waals surface area contributed by atoms with Crippen LogP contribution in [0.2, 0.25) is 0 Å². The van der Waals surface area contributed by atoms with E-state index < -0.39 is 0 Å². The summed E-state index contributed by atoms with van der Waals surface area (Å²) in [5.41, 5.74) is 0. The molecule has 11 heavy (non-hydrogen) atoms. The smallest absolute Gasteiger partial charge is 0.0596 e. The summed E-state index contributed by atoms with van der Waals surface area (Å²) in [6.45, 7) is 4.57. The first kappa shape index (κ1) is 7.60. The fourth-order valence-electron chi connectivity index (χ4n) is 3.24. The average Bonchev–Trinajstić information content (AvgIpc) is 1.99. The van der Waals surface area contributed by atoms with Gasteiger partial charge in [0.1, 0.15) is 0 Å². The minimum Gasteiger partial charge on any atom is -0.393 e. The van der Waals surface area contributed by atoms with Gasteiger partial charge in [0.05, 0.1) is 6.10 Å². The van der Waals surface area contributed by atoms with Crippen molar-refractivity contribution in [2.24, 2.45) is 23.7 Å². The molecular formula is C10H18O. The van der Waals surface area contributed by atoms with Crippen molar-refractivity contribution in [1.29, 1.82) is 0 Å². The van der Waals surface area contributed by atoms with Crippen molar-refractivity contribution in [2.45, 2.75) is 39.2 Å². The third-order valence-corrected chi connectivity index (χ3v) is 3.97. The van der Waals surface area contributed by atoms with Crippen LogP contribution in [0, 0.1) is 23.7 Å². The molecule has 0 spiro atoms. The fourth-order valence-corrected chi connectivity index (χ4v) is 3.24. The molecule has 5 unspecified atom stereocenters. The predicted molar refractivity (Wildman–Crippen MR) is 45.2 cm³/mol. The summed E-state index contributed by atoms with van der Waals surface area (Å²) in [5, 5.41) is 9.79. The second-order valence-corrected chi connectivity index (χ2v) is 4.56. The summed E-state index contributed by atoms with van der Waals surface area (Å²) in [6.07, 6.45) is 3.94. The SMILES string of the molecule is CC1CC2CCC1C(C)C2O. The molecule has 0 aromatic heterocycles. The summed E-state index contributed by atoms with van der Waals surface area (Å²) >= 11 is 0. The lowest BCUT2D eigenvalue weighted by molar-refractivity contribution is -0.0734. The number of rotatable bonds is 0. The summed E-state index contributed by atoms with van der Waals surface area (Å²) in [7, 11) is 0. The molecule has 1 heteroatoms. The molecule has 3 aliphatic carbocycles. The van der Waals surface area contributed by atoms with Crippen molar-refractivity contribution in [2.75, 3.05) is 0 Å². The van der Waals surface area contributed by atoms with Crippen LogP contribution >= 0.6 is 0 Å². The van der Waals surface area contributed by atoms with E-state index in [0.717, 1.165) is 11.8 Å². The zero-order valence-electron chi connectivity index (χ0n) is 7.46. The quantitative estimate of drug-likeness (QED) is 0.566. The highest BCUT2D eigenvalue weighted by Gasteiger charge is 2.43. The molecule has 0 saturated heterocycles. The normalized spacial score (nSPS) is 56.5.